The Kier molecular flexibility index (Phi) is 4.34. The highest BCUT2D eigenvalue weighted by Crippen LogP contribution is 2.14. The molecule has 22 heavy (non-hydrogen) atoms. The van der Waals surface area contributed by atoms with Gasteiger partial charge in [0.15, 0.2) is 17.4 Å². The summed E-state index contributed by atoms with van der Waals surface area (Å²) >= 11 is 0. The molecule has 1 aliphatic rings. The van der Waals surface area contributed by atoms with Crippen molar-refractivity contribution in [3.63, 3.8) is 0 Å². The molecule has 0 atom stereocenters. The lowest BCUT2D eigenvalue weighted by Gasteiger charge is -2.34. The number of anilines is 2. The summed E-state index contributed by atoms with van der Waals surface area (Å²) in [6.45, 7) is 7.22. The summed E-state index contributed by atoms with van der Waals surface area (Å²) in [4.78, 5) is 16.5. The van der Waals surface area contributed by atoms with Crippen LogP contribution in [0.15, 0.2) is 34.9 Å². The molecule has 2 aromatic rings. The molecule has 1 saturated heterocycles. The van der Waals surface area contributed by atoms with Crippen LogP contribution in [0, 0.1) is 0 Å². The Morgan fingerprint density at radius 3 is 2.64 bits per heavy atom. The van der Waals surface area contributed by atoms with E-state index in [0.717, 1.165) is 38.5 Å². The SMILES string of the molecule is CCN1CCN(c2ccc(NC(=O)c3ccco3)nn2)CC1. The van der Waals surface area contributed by atoms with E-state index >= 15 is 0 Å². The van der Waals surface area contributed by atoms with Crippen molar-refractivity contribution < 1.29 is 9.21 Å². The minimum Gasteiger partial charge on any atom is -0.459 e. The zero-order valence-electron chi connectivity index (χ0n) is 12.5. The van der Waals surface area contributed by atoms with E-state index in [1.165, 1.54) is 6.26 Å². The summed E-state index contributed by atoms with van der Waals surface area (Å²) in [5.41, 5.74) is 0. The summed E-state index contributed by atoms with van der Waals surface area (Å²) in [5.74, 6) is 1.18. The number of piperazine rings is 1. The molecule has 7 heteroatoms. The quantitative estimate of drug-likeness (QED) is 0.921. The fourth-order valence-electron chi connectivity index (χ4n) is 2.44. The van der Waals surface area contributed by atoms with Gasteiger partial charge in [-0.15, -0.1) is 10.2 Å². The summed E-state index contributed by atoms with van der Waals surface area (Å²) in [6.07, 6.45) is 1.46. The first-order valence-corrected chi connectivity index (χ1v) is 7.42. The molecule has 0 aliphatic carbocycles. The first-order chi connectivity index (χ1) is 10.8. The minimum atomic E-state index is -0.330. The van der Waals surface area contributed by atoms with Gasteiger partial charge >= 0.3 is 0 Å². The number of hydrogen-bond acceptors (Lipinski definition) is 6. The molecule has 116 valence electrons. The number of amides is 1. The number of furan rings is 1. The summed E-state index contributed by atoms with van der Waals surface area (Å²) in [6, 6.07) is 6.91. The van der Waals surface area contributed by atoms with E-state index < -0.39 is 0 Å². The minimum absolute atomic E-state index is 0.251. The van der Waals surface area contributed by atoms with E-state index in [1.807, 2.05) is 6.07 Å². The monoisotopic (exact) mass is 301 g/mol. The summed E-state index contributed by atoms with van der Waals surface area (Å²) in [7, 11) is 0. The molecule has 2 aromatic heterocycles. The van der Waals surface area contributed by atoms with Gasteiger partial charge in [0.25, 0.3) is 5.91 Å². The molecule has 3 rings (SSSR count). The normalized spacial score (nSPS) is 15.8. The molecule has 0 saturated carbocycles. The number of hydrogen-bond donors (Lipinski definition) is 1. The lowest BCUT2D eigenvalue weighted by Crippen LogP contribution is -2.46. The zero-order valence-corrected chi connectivity index (χ0v) is 12.5. The first-order valence-electron chi connectivity index (χ1n) is 7.42. The average molecular weight is 301 g/mol. The number of nitrogens with zero attached hydrogens (tertiary/aromatic N) is 4. The van der Waals surface area contributed by atoms with Crippen molar-refractivity contribution in [2.75, 3.05) is 42.9 Å². The Bertz CT molecular complexity index is 603. The maximum atomic E-state index is 11.8. The molecule has 3 heterocycles. The second-order valence-corrected chi connectivity index (χ2v) is 5.13. The summed E-state index contributed by atoms with van der Waals surface area (Å²) < 4.78 is 5.03. The van der Waals surface area contributed by atoms with Crippen LogP contribution in [0.5, 0.6) is 0 Å². The standard InChI is InChI=1S/C15H19N5O2/c1-2-19-7-9-20(10-8-19)14-6-5-13(17-18-14)16-15(21)12-4-3-11-22-12/h3-6,11H,2,7-10H2,1H3,(H,16,17,21). The van der Waals surface area contributed by atoms with Crippen LogP contribution in [0.3, 0.4) is 0 Å². The van der Waals surface area contributed by atoms with E-state index in [0.29, 0.717) is 5.82 Å². The molecule has 1 fully saturated rings. The topological polar surface area (TPSA) is 74.5 Å². The van der Waals surface area contributed by atoms with Crippen molar-refractivity contribution in [2.24, 2.45) is 0 Å². The number of carbonyl (C=O) groups is 1. The fraction of sp³-hybridized carbons (Fsp3) is 0.400. The van der Waals surface area contributed by atoms with Gasteiger partial charge in [0, 0.05) is 26.2 Å². The third-order valence-electron chi connectivity index (χ3n) is 3.78. The third-order valence-corrected chi connectivity index (χ3v) is 3.78. The number of rotatable bonds is 4. The highest BCUT2D eigenvalue weighted by Gasteiger charge is 2.17. The first kappa shape index (κ1) is 14.5. The van der Waals surface area contributed by atoms with Crippen LogP contribution in [0.2, 0.25) is 0 Å². The number of aromatic nitrogens is 2. The molecule has 0 unspecified atom stereocenters. The largest absolute Gasteiger partial charge is 0.459 e. The van der Waals surface area contributed by atoms with Gasteiger partial charge in [-0.3, -0.25) is 4.79 Å². The highest BCUT2D eigenvalue weighted by atomic mass is 16.3. The van der Waals surface area contributed by atoms with Gasteiger partial charge in [-0.1, -0.05) is 6.92 Å². The van der Waals surface area contributed by atoms with Crippen molar-refractivity contribution in [2.45, 2.75) is 6.92 Å². The van der Waals surface area contributed by atoms with Crippen LogP contribution in [0.25, 0.3) is 0 Å². The fourth-order valence-corrected chi connectivity index (χ4v) is 2.44. The van der Waals surface area contributed by atoms with Crippen molar-refractivity contribution >= 4 is 17.5 Å². The van der Waals surface area contributed by atoms with Crippen LogP contribution >= 0.6 is 0 Å². The number of nitrogens with one attached hydrogen (secondary N) is 1. The molecule has 7 nitrogen and oxygen atoms in total. The van der Waals surface area contributed by atoms with E-state index in [1.54, 1.807) is 18.2 Å². The Morgan fingerprint density at radius 2 is 2.05 bits per heavy atom. The van der Waals surface area contributed by atoms with Crippen molar-refractivity contribution in [3.8, 4) is 0 Å². The van der Waals surface area contributed by atoms with Gasteiger partial charge in [-0.05, 0) is 30.8 Å². The molecule has 1 N–H and O–H groups in total. The second-order valence-electron chi connectivity index (χ2n) is 5.13. The Labute approximate surface area is 128 Å². The molecular weight excluding hydrogens is 282 g/mol. The zero-order chi connectivity index (χ0) is 15.4. The maximum Gasteiger partial charge on any atom is 0.292 e. The Hall–Kier alpha value is -2.41. The number of likely N-dealkylation sites (N-methyl/N-ethyl adjacent to an activating group) is 1. The van der Waals surface area contributed by atoms with Gasteiger partial charge in [0.05, 0.1) is 6.26 Å². The van der Waals surface area contributed by atoms with E-state index in [-0.39, 0.29) is 11.7 Å². The van der Waals surface area contributed by atoms with Crippen molar-refractivity contribution in [1.29, 1.82) is 0 Å². The van der Waals surface area contributed by atoms with E-state index in [2.05, 4.69) is 32.2 Å². The van der Waals surface area contributed by atoms with Crippen LogP contribution in [0.1, 0.15) is 17.5 Å². The molecule has 1 aliphatic heterocycles. The van der Waals surface area contributed by atoms with Crippen molar-refractivity contribution in [3.05, 3.63) is 36.3 Å². The smallest absolute Gasteiger partial charge is 0.292 e. The maximum absolute atomic E-state index is 11.8. The predicted molar refractivity (Wildman–Crippen MR) is 83.0 cm³/mol. The highest BCUT2D eigenvalue weighted by molar-refractivity contribution is 6.01. The van der Waals surface area contributed by atoms with Crippen LogP contribution in [0.4, 0.5) is 11.6 Å². The summed E-state index contributed by atoms with van der Waals surface area (Å²) in [5, 5.41) is 10.9. The van der Waals surface area contributed by atoms with Crippen LogP contribution in [-0.4, -0.2) is 53.7 Å². The van der Waals surface area contributed by atoms with Gasteiger partial charge in [-0.2, -0.15) is 0 Å². The van der Waals surface area contributed by atoms with Crippen molar-refractivity contribution in [1.82, 2.24) is 15.1 Å². The van der Waals surface area contributed by atoms with E-state index in [9.17, 15) is 4.79 Å². The Balaban J connectivity index is 1.60. The molecule has 0 spiro atoms. The molecule has 0 aromatic carbocycles. The van der Waals surface area contributed by atoms with Crippen LogP contribution in [-0.2, 0) is 0 Å². The lowest BCUT2D eigenvalue weighted by atomic mass is 10.3. The van der Waals surface area contributed by atoms with Crippen LogP contribution < -0.4 is 10.2 Å². The predicted octanol–water partition coefficient (Wildman–Crippen LogP) is 1.46. The third kappa shape index (κ3) is 3.25. The van der Waals surface area contributed by atoms with Gasteiger partial charge in [0.2, 0.25) is 0 Å². The second kappa shape index (κ2) is 6.57. The van der Waals surface area contributed by atoms with E-state index in [4.69, 9.17) is 4.42 Å². The molecule has 0 bridgehead atoms. The molecule has 0 radical (unpaired) electrons. The molecule has 1 amide bonds. The van der Waals surface area contributed by atoms with Gasteiger partial charge < -0.3 is 19.5 Å². The van der Waals surface area contributed by atoms with Gasteiger partial charge in [-0.25, -0.2) is 0 Å². The molecular formula is C15H19N5O2. The Morgan fingerprint density at radius 1 is 1.23 bits per heavy atom. The van der Waals surface area contributed by atoms with Gasteiger partial charge in [0.1, 0.15) is 0 Å². The number of carbonyl (C=O) groups excluding carboxylic acids is 1. The average Bonchev–Trinajstić information content (AvgIpc) is 3.10. The lowest BCUT2D eigenvalue weighted by molar-refractivity contribution is 0.0996.